The van der Waals surface area contributed by atoms with Gasteiger partial charge < -0.3 is 14.5 Å². The van der Waals surface area contributed by atoms with Crippen LogP contribution in [-0.4, -0.2) is 24.6 Å². The summed E-state index contributed by atoms with van der Waals surface area (Å²) in [7, 11) is 0. The van der Waals surface area contributed by atoms with Gasteiger partial charge in [0.1, 0.15) is 5.75 Å². The van der Waals surface area contributed by atoms with Gasteiger partial charge in [-0.15, -0.1) is 0 Å². The van der Waals surface area contributed by atoms with Crippen LogP contribution in [0.3, 0.4) is 0 Å². The van der Waals surface area contributed by atoms with Crippen molar-refractivity contribution in [3.05, 3.63) is 122 Å². The summed E-state index contributed by atoms with van der Waals surface area (Å²) in [5, 5.41) is 1.63. The van der Waals surface area contributed by atoms with Crippen LogP contribution in [0.2, 0.25) is 5.02 Å². The standard InChI is InChI=1S/C42H48ClN3OS/c1-8-11-24-45(25-12-9-2)39-29(5)27-35(30(6)31(39)7)42(34-23-22-28(4)26-36(34)43)40-38(33-20-16-17-21-37(33)47-42)44-41(48-40)46(10-3)32-18-14-13-15-19-32/h13-23,26-27H,8-12,24-25H2,1-7H3. The van der Waals surface area contributed by atoms with Gasteiger partial charge in [0.25, 0.3) is 0 Å². The number of aromatic nitrogens is 1. The van der Waals surface area contributed by atoms with E-state index in [1.165, 1.54) is 48.1 Å². The number of rotatable bonds is 12. The summed E-state index contributed by atoms with van der Waals surface area (Å²) in [6.45, 7) is 18.6. The SMILES string of the molecule is CCCCN(CCCC)c1c(C)cc(C2(c3ccc(C)cc3Cl)Oc3ccccc3-c3nc(N(CC)c4ccccc4)sc32)c(C)c1C. The molecule has 1 aliphatic rings. The predicted octanol–water partition coefficient (Wildman–Crippen LogP) is 11.9. The molecule has 1 aromatic heterocycles. The van der Waals surface area contributed by atoms with Crippen molar-refractivity contribution >= 4 is 39.4 Å². The number of benzene rings is 4. The zero-order chi connectivity index (χ0) is 34.0. The van der Waals surface area contributed by atoms with Gasteiger partial charge in [-0.25, -0.2) is 4.98 Å². The first-order valence-electron chi connectivity index (χ1n) is 17.5. The molecule has 0 saturated heterocycles. The van der Waals surface area contributed by atoms with Crippen LogP contribution in [0.5, 0.6) is 5.75 Å². The maximum Gasteiger partial charge on any atom is 0.197 e. The van der Waals surface area contributed by atoms with Crippen LogP contribution in [0.4, 0.5) is 16.5 Å². The Morgan fingerprint density at radius 1 is 0.792 bits per heavy atom. The minimum absolute atomic E-state index is 0.692. The van der Waals surface area contributed by atoms with Gasteiger partial charge in [0.15, 0.2) is 10.7 Å². The lowest BCUT2D eigenvalue weighted by Crippen LogP contribution is -2.39. The van der Waals surface area contributed by atoms with Crippen molar-refractivity contribution in [2.24, 2.45) is 0 Å². The molecule has 1 unspecified atom stereocenters. The summed E-state index contributed by atoms with van der Waals surface area (Å²) in [4.78, 5) is 11.4. The molecular weight excluding hydrogens is 630 g/mol. The highest BCUT2D eigenvalue weighted by atomic mass is 35.5. The second-order valence-corrected chi connectivity index (χ2v) is 14.4. The summed E-state index contributed by atoms with van der Waals surface area (Å²) in [6.07, 6.45) is 4.70. The first kappa shape index (κ1) is 34.1. The molecule has 0 N–H and O–H groups in total. The van der Waals surface area contributed by atoms with Crippen molar-refractivity contribution in [1.29, 1.82) is 0 Å². The van der Waals surface area contributed by atoms with E-state index >= 15 is 0 Å². The number of hydrogen-bond donors (Lipinski definition) is 0. The van der Waals surface area contributed by atoms with Crippen LogP contribution < -0.4 is 14.5 Å². The summed E-state index contributed by atoms with van der Waals surface area (Å²) < 4.78 is 7.45. The van der Waals surface area contributed by atoms with Crippen molar-refractivity contribution in [3.8, 4) is 17.0 Å². The summed E-state index contributed by atoms with van der Waals surface area (Å²) >= 11 is 9.01. The van der Waals surface area contributed by atoms with E-state index in [1.807, 2.05) is 6.07 Å². The molecule has 0 spiro atoms. The zero-order valence-electron chi connectivity index (χ0n) is 29.5. The molecule has 5 aromatic rings. The lowest BCUT2D eigenvalue weighted by molar-refractivity contribution is 0.155. The molecule has 0 radical (unpaired) electrons. The highest BCUT2D eigenvalue weighted by molar-refractivity contribution is 7.16. The summed E-state index contributed by atoms with van der Waals surface area (Å²) in [5.41, 5.74) is 10.4. The maximum absolute atomic E-state index is 7.45. The number of halogens is 1. The van der Waals surface area contributed by atoms with E-state index in [1.54, 1.807) is 11.3 Å². The fourth-order valence-corrected chi connectivity index (χ4v) is 8.89. The summed E-state index contributed by atoms with van der Waals surface area (Å²) in [6, 6.07) is 27.6. The minimum atomic E-state index is -1.00. The quantitative estimate of drug-likeness (QED) is 0.131. The molecule has 0 saturated carbocycles. The third kappa shape index (κ3) is 6.01. The third-order valence-corrected chi connectivity index (χ3v) is 11.3. The normalized spacial score (nSPS) is 15.1. The fraction of sp³-hybridized carbons (Fsp3) is 0.357. The topological polar surface area (TPSA) is 28.6 Å². The molecule has 250 valence electrons. The highest BCUT2D eigenvalue weighted by Crippen LogP contribution is 2.57. The first-order chi connectivity index (χ1) is 23.2. The van der Waals surface area contributed by atoms with Crippen LogP contribution in [0, 0.1) is 27.7 Å². The van der Waals surface area contributed by atoms with Crippen LogP contribution in [0.15, 0.2) is 78.9 Å². The number of para-hydroxylation sites is 2. The smallest absolute Gasteiger partial charge is 0.197 e. The molecule has 0 amide bonds. The number of aryl methyl sites for hydroxylation is 2. The number of fused-ring (bicyclic) bond motifs is 3. The molecule has 1 aliphatic heterocycles. The van der Waals surface area contributed by atoms with Crippen molar-refractivity contribution in [3.63, 3.8) is 0 Å². The predicted molar refractivity (Wildman–Crippen MR) is 206 cm³/mol. The monoisotopic (exact) mass is 677 g/mol. The second-order valence-electron chi connectivity index (χ2n) is 13.1. The van der Waals surface area contributed by atoms with Crippen molar-refractivity contribution < 1.29 is 4.74 Å². The molecule has 0 fully saturated rings. The van der Waals surface area contributed by atoms with Gasteiger partial charge in [-0.05, 0) is 106 Å². The Morgan fingerprint density at radius 2 is 1.48 bits per heavy atom. The number of nitrogens with zero attached hydrogens (tertiary/aromatic N) is 3. The van der Waals surface area contributed by atoms with Gasteiger partial charge in [0, 0.05) is 52.7 Å². The van der Waals surface area contributed by atoms with Gasteiger partial charge in [-0.1, -0.05) is 92.1 Å². The van der Waals surface area contributed by atoms with Crippen LogP contribution >= 0.6 is 22.9 Å². The Bertz CT molecular complexity index is 1890. The molecule has 4 aromatic carbocycles. The Balaban J connectivity index is 1.66. The molecule has 6 rings (SSSR count). The Kier molecular flexibility index (Phi) is 10.2. The number of unbranched alkanes of at least 4 members (excludes halogenated alkanes) is 2. The number of thiazole rings is 1. The molecule has 4 nitrogen and oxygen atoms in total. The molecule has 0 bridgehead atoms. The van der Waals surface area contributed by atoms with E-state index in [2.05, 4.69) is 131 Å². The lowest BCUT2D eigenvalue weighted by Gasteiger charge is -2.41. The van der Waals surface area contributed by atoms with Crippen LogP contribution in [-0.2, 0) is 5.60 Å². The second kappa shape index (κ2) is 14.4. The Hall–Kier alpha value is -3.80. The Labute approximate surface area is 296 Å². The van der Waals surface area contributed by atoms with Gasteiger partial charge >= 0.3 is 0 Å². The van der Waals surface area contributed by atoms with E-state index in [0.29, 0.717) is 5.02 Å². The fourth-order valence-electron chi connectivity index (χ4n) is 7.20. The molecule has 48 heavy (non-hydrogen) atoms. The Morgan fingerprint density at radius 3 is 2.15 bits per heavy atom. The van der Waals surface area contributed by atoms with Gasteiger partial charge in [-0.3, -0.25) is 0 Å². The van der Waals surface area contributed by atoms with Crippen molar-refractivity contribution in [2.75, 3.05) is 29.4 Å². The van der Waals surface area contributed by atoms with E-state index < -0.39 is 5.60 Å². The van der Waals surface area contributed by atoms with Crippen LogP contribution in [0.1, 0.15) is 84.7 Å². The summed E-state index contributed by atoms with van der Waals surface area (Å²) in [5.74, 6) is 0.813. The molecule has 2 heterocycles. The van der Waals surface area contributed by atoms with E-state index in [9.17, 15) is 0 Å². The first-order valence-corrected chi connectivity index (χ1v) is 18.7. The average Bonchev–Trinajstić information content (AvgIpc) is 3.54. The van der Waals surface area contributed by atoms with Gasteiger partial charge in [0.05, 0.1) is 10.6 Å². The van der Waals surface area contributed by atoms with Crippen molar-refractivity contribution in [1.82, 2.24) is 4.98 Å². The number of anilines is 3. The molecule has 6 heteroatoms. The number of hydrogen-bond acceptors (Lipinski definition) is 5. The minimum Gasteiger partial charge on any atom is -0.471 e. The van der Waals surface area contributed by atoms with Gasteiger partial charge in [-0.2, -0.15) is 0 Å². The van der Waals surface area contributed by atoms with E-state index in [0.717, 1.165) is 69.0 Å². The highest BCUT2D eigenvalue weighted by Gasteiger charge is 2.49. The van der Waals surface area contributed by atoms with Crippen LogP contribution in [0.25, 0.3) is 11.3 Å². The van der Waals surface area contributed by atoms with Gasteiger partial charge in [0.2, 0.25) is 0 Å². The molecule has 1 atom stereocenters. The molecule has 0 aliphatic carbocycles. The largest absolute Gasteiger partial charge is 0.471 e. The average molecular weight is 678 g/mol. The van der Waals surface area contributed by atoms with Crippen molar-refractivity contribution in [2.45, 2.75) is 79.8 Å². The number of ether oxygens (including phenoxy) is 1. The molecular formula is C42H48ClN3OS. The third-order valence-electron chi connectivity index (χ3n) is 9.77. The zero-order valence-corrected chi connectivity index (χ0v) is 31.1. The van der Waals surface area contributed by atoms with E-state index in [4.69, 9.17) is 21.3 Å². The lowest BCUT2D eigenvalue weighted by atomic mass is 9.77. The maximum atomic E-state index is 7.45. The van der Waals surface area contributed by atoms with E-state index in [-0.39, 0.29) is 0 Å².